The van der Waals surface area contributed by atoms with Gasteiger partial charge in [0.2, 0.25) is 0 Å². The highest BCUT2D eigenvalue weighted by atomic mass is 35.5. The molecule has 2 nitrogen and oxygen atoms in total. The van der Waals surface area contributed by atoms with Gasteiger partial charge in [0.15, 0.2) is 0 Å². The molecule has 1 aliphatic carbocycles. The third kappa shape index (κ3) is 2.93. The Labute approximate surface area is 96.1 Å². The molecule has 82 valence electrons. The van der Waals surface area contributed by atoms with Gasteiger partial charge in [0.05, 0.1) is 0 Å². The smallest absolute Gasteiger partial charge is 0.129 e. The Balaban J connectivity index is 1.86. The van der Waals surface area contributed by atoms with E-state index < -0.39 is 0 Å². The molecular formula is C12H17ClN2. The van der Waals surface area contributed by atoms with Crippen molar-refractivity contribution in [1.29, 1.82) is 0 Å². The summed E-state index contributed by atoms with van der Waals surface area (Å²) in [5, 5.41) is 4.12. The molecule has 15 heavy (non-hydrogen) atoms. The van der Waals surface area contributed by atoms with E-state index in [0.717, 1.165) is 12.5 Å². The monoisotopic (exact) mass is 224 g/mol. The molecule has 1 N–H and O–H groups in total. The maximum Gasteiger partial charge on any atom is 0.129 e. The van der Waals surface area contributed by atoms with E-state index >= 15 is 0 Å². The van der Waals surface area contributed by atoms with Gasteiger partial charge in [-0.05, 0) is 49.9 Å². The third-order valence-electron chi connectivity index (χ3n) is 3.19. The molecule has 1 heterocycles. The predicted molar refractivity (Wildman–Crippen MR) is 63.0 cm³/mol. The van der Waals surface area contributed by atoms with Crippen LogP contribution in [0.5, 0.6) is 0 Å². The number of aromatic nitrogens is 1. The zero-order valence-electron chi connectivity index (χ0n) is 9.04. The Morgan fingerprint density at radius 2 is 2.40 bits per heavy atom. The van der Waals surface area contributed by atoms with E-state index in [1.54, 1.807) is 6.20 Å². The number of hydrogen-bond donors (Lipinski definition) is 1. The SMILES string of the molecule is CC(NCC1CCC1)c1ccnc(Cl)c1. The zero-order valence-corrected chi connectivity index (χ0v) is 9.80. The second kappa shape index (κ2) is 4.95. The van der Waals surface area contributed by atoms with Crippen LogP contribution in [0.1, 0.15) is 37.8 Å². The van der Waals surface area contributed by atoms with Gasteiger partial charge < -0.3 is 5.32 Å². The Bertz CT molecular complexity index is 323. The maximum atomic E-state index is 5.85. The van der Waals surface area contributed by atoms with Crippen molar-refractivity contribution in [2.24, 2.45) is 5.92 Å². The average Bonchev–Trinajstić information content (AvgIpc) is 2.15. The quantitative estimate of drug-likeness (QED) is 0.795. The van der Waals surface area contributed by atoms with E-state index in [2.05, 4.69) is 17.2 Å². The first kappa shape index (κ1) is 10.9. The predicted octanol–water partition coefficient (Wildman–Crippen LogP) is 3.19. The Kier molecular flexibility index (Phi) is 3.60. The number of rotatable bonds is 4. The van der Waals surface area contributed by atoms with Gasteiger partial charge in [0, 0.05) is 12.2 Å². The van der Waals surface area contributed by atoms with E-state index in [9.17, 15) is 0 Å². The van der Waals surface area contributed by atoms with Crippen molar-refractivity contribution in [2.75, 3.05) is 6.54 Å². The summed E-state index contributed by atoms with van der Waals surface area (Å²) in [6, 6.07) is 4.32. The molecule has 1 unspecified atom stereocenters. The van der Waals surface area contributed by atoms with Crippen molar-refractivity contribution in [2.45, 2.75) is 32.2 Å². The van der Waals surface area contributed by atoms with Crippen LogP contribution in [0, 0.1) is 5.92 Å². The minimum atomic E-state index is 0.367. The van der Waals surface area contributed by atoms with E-state index in [-0.39, 0.29) is 0 Å². The highest BCUT2D eigenvalue weighted by Gasteiger charge is 2.17. The molecule has 0 amide bonds. The minimum absolute atomic E-state index is 0.367. The largest absolute Gasteiger partial charge is 0.310 e. The number of hydrogen-bond acceptors (Lipinski definition) is 2. The van der Waals surface area contributed by atoms with Crippen LogP contribution in [-0.4, -0.2) is 11.5 Å². The second-order valence-corrected chi connectivity index (χ2v) is 4.73. The summed E-state index contributed by atoms with van der Waals surface area (Å²) in [6.07, 6.45) is 5.94. The molecule has 1 aliphatic rings. The Morgan fingerprint density at radius 3 is 3.00 bits per heavy atom. The molecule has 0 aliphatic heterocycles. The fraction of sp³-hybridized carbons (Fsp3) is 0.583. The van der Waals surface area contributed by atoms with Crippen molar-refractivity contribution < 1.29 is 0 Å². The molecule has 1 aromatic rings. The van der Waals surface area contributed by atoms with Crippen LogP contribution in [0.3, 0.4) is 0 Å². The summed E-state index contributed by atoms with van der Waals surface area (Å²) in [6.45, 7) is 3.30. The minimum Gasteiger partial charge on any atom is -0.310 e. The summed E-state index contributed by atoms with van der Waals surface area (Å²) in [7, 11) is 0. The summed E-state index contributed by atoms with van der Waals surface area (Å²) >= 11 is 5.85. The van der Waals surface area contributed by atoms with Crippen LogP contribution in [0.15, 0.2) is 18.3 Å². The van der Waals surface area contributed by atoms with Gasteiger partial charge >= 0.3 is 0 Å². The first-order chi connectivity index (χ1) is 7.25. The van der Waals surface area contributed by atoms with Crippen LogP contribution in [-0.2, 0) is 0 Å². The lowest BCUT2D eigenvalue weighted by Gasteiger charge is -2.27. The van der Waals surface area contributed by atoms with Crippen LogP contribution < -0.4 is 5.32 Å². The molecule has 0 radical (unpaired) electrons. The van der Waals surface area contributed by atoms with Gasteiger partial charge in [-0.25, -0.2) is 4.98 Å². The first-order valence-electron chi connectivity index (χ1n) is 5.60. The molecule has 0 aromatic carbocycles. The van der Waals surface area contributed by atoms with Gasteiger partial charge in [-0.15, -0.1) is 0 Å². The van der Waals surface area contributed by atoms with Gasteiger partial charge in [-0.3, -0.25) is 0 Å². The molecule has 3 heteroatoms. The molecule has 0 spiro atoms. The number of nitrogens with one attached hydrogen (secondary N) is 1. The normalized spacial score (nSPS) is 18.5. The molecule has 1 atom stereocenters. The summed E-state index contributed by atoms with van der Waals surface area (Å²) in [5.74, 6) is 0.893. The Hall–Kier alpha value is -0.600. The third-order valence-corrected chi connectivity index (χ3v) is 3.39. The average molecular weight is 225 g/mol. The second-order valence-electron chi connectivity index (χ2n) is 4.34. The van der Waals surface area contributed by atoms with Gasteiger partial charge in [0.1, 0.15) is 5.15 Å². The number of halogens is 1. The van der Waals surface area contributed by atoms with Crippen LogP contribution in [0.25, 0.3) is 0 Å². The van der Waals surface area contributed by atoms with Gasteiger partial charge in [-0.2, -0.15) is 0 Å². The van der Waals surface area contributed by atoms with Crippen molar-refractivity contribution in [3.05, 3.63) is 29.0 Å². The molecule has 0 bridgehead atoms. The topological polar surface area (TPSA) is 24.9 Å². The fourth-order valence-corrected chi connectivity index (χ4v) is 2.03. The Morgan fingerprint density at radius 1 is 1.60 bits per heavy atom. The first-order valence-corrected chi connectivity index (χ1v) is 5.98. The standard InChI is InChI=1S/C12H17ClN2/c1-9(15-8-10-3-2-4-10)11-5-6-14-12(13)7-11/h5-7,9-10,15H,2-4,8H2,1H3. The van der Waals surface area contributed by atoms with E-state index in [4.69, 9.17) is 11.6 Å². The lowest BCUT2D eigenvalue weighted by molar-refractivity contribution is 0.292. The fourth-order valence-electron chi connectivity index (χ4n) is 1.85. The molecule has 1 fully saturated rings. The lowest BCUT2D eigenvalue weighted by Crippen LogP contribution is -2.29. The van der Waals surface area contributed by atoms with Gasteiger partial charge in [0.25, 0.3) is 0 Å². The van der Waals surface area contributed by atoms with Gasteiger partial charge in [-0.1, -0.05) is 18.0 Å². The van der Waals surface area contributed by atoms with Crippen molar-refractivity contribution >= 4 is 11.6 Å². The maximum absolute atomic E-state index is 5.85. The molecular weight excluding hydrogens is 208 g/mol. The number of pyridine rings is 1. The molecule has 1 saturated carbocycles. The summed E-state index contributed by atoms with van der Waals surface area (Å²) in [5.41, 5.74) is 1.22. The van der Waals surface area contributed by atoms with E-state index in [0.29, 0.717) is 11.2 Å². The van der Waals surface area contributed by atoms with Crippen LogP contribution >= 0.6 is 11.6 Å². The zero-order chi connectivity index (χ0) is 10.7. The summed E-state index contributed by atoms with van der Waals surface area (Å²) in [4.78, 5) is 3.98. The molecule has 0 saturated heterocycles. The highest BCUT2D eigenvalue weighted by Crippen LogP contribution is 2.26. The van der Waals surface area contributed by atoms with Crippen LogP contribution in [0.4, 0.5) is 0 Å². The number of nitrogens with zero attached hydrogens (tertiary/aromatic N) is 1. The molecule has 2 rings (SSSR count). The van der Waals surface area contributed by atoms with Crippen molar-refractivity contribution in [3.8, 4) is 0 Å². The van der Waals surface area contributed by atoms with E-state index in [1.807, 2.05) is 12.1 Å². The van der Waals surface area contributed by atoms with Crippen molar-refractivity contribution in [3.63, 3.8) is 0 Å². The van der Waals surface area contributed by atoms with Crippen molar-refractivity contribution in [1.82, 2.24) is 10.3 Å². The lowest BCUT2D eigenvalue weighted by atomic mass is 9.85. The summed E-state index contributed by atoms with van der Waals surface area (Å²) < 4.78 is 0. The highest BCUT2D eigenvalue weighted by molar-refractivity contribution is 6.29. The van der Waals surface area contributed by atoms with E-state index in [1.165, 1.54) is 24.8 Å². The molecule has 1 aromatic heterocycles. The van der Waals surface area contributed by atoms with Crippen LogP contribution in [0.2, 0.25) is 5.15 Å².